The summed E-state index contributed by atoms with van der Waals surface area (Å²) >= 11 is 0. The predicted molar refractivity (Wildman–Crippen MR) is 80.2 cm³/mol. The fourth-order valence-electron chi connectivity index (χ4n) is 2.57. The second-order valence-electron chi connectivity index (χ2n) is 5.33. The van der Waals surface area contributed by atoms with Crippen LogP contribution < -0.4 is 0 Å². The van der Waals surface area contributed by atoms with E-state index in [-0.39, 0.29) is 0 Å². The number of para-hydroxylation sites is 2. The lowest BCUT2D eigenvalue weighted by molar-refractivity contribution is -0.394. The molecule has 27 heavy (non-hydrogen) atoms. The third-order valence-electron chi connectivity index (χ3n) is 3.79. The summed E-state index contributed by atoms with van der Waals surface area (Å²) in [7, 11) is 0. The summed E-state index contributed by atoms with van der Waals surface area (Å²) in [5.74, 6) is -6.00. The van der Waals surface area contributed by atoms with Gasteiger partial charge in [-0.3, -0.25) is 20.2 Å². The van der Waals surface area contributed by atoms with Crippen molar-refractivity contribution in [3.8, 4) is 0 Å². The Hall–Kier alpha value is -3.15. The van der Waals surface area contributed by atoms with E-state index in [0.717, 1.165) is 24.3 Å². The lowest BCUT2D eigenvalue weighted by Gasteiger charge is -2.36. The number of nitrogens with zero attached hydrogens (tertiary/aromatic N) is 2. The van der Waals surface area contributed by atoms with Gasteiger partial charge in [-0.15, -0.1) is 0 Å². The number of aliphatic hydroxyl groups is 1. The van der Waals surface area contributed by atoms with Gasteiger partial charge >= 0.3 is 12.1 Å². The molecule has 12 heteroatoms. The first-order chi connectivity index (χ1) is 12.4. The zero-order valence-corrected chi connectivity index (χ0v) is 13.0. The van der Waals surface area contributed by atoms with Gasteiger partial charge in [-0.05, 0) is 12.1 Å². The van der Waals surface area contributed by atoms with E-state index in [2.05, 4.69) is 0 Å². The molecule has 0 atom stereocenters. The molecule has 0 amide bonds. The molecule has 0 unspecified atom stereocenters. The monoisotopic (exact) mass is 392 g/mol. The van der Waals surface area contributed by atoms with Gasteiger partial charge in [0.05, 0.1) is 21.0 Å². The second kappa shape index (κ2) is 6.54. The van der Waals surface area contributed by atoms with E-state index < -0.39 is 50.0 Å². The van der Waals surface area contributed by atoms with Gasteiger partial charge in [0.15, 0.2) is 0 Å². The number of benzene rings is 2. The Labute approximate surface area is 147 Å². The molecule has 0 aliphatic carbocycles. The van der Waals surface area contributed by atoms with Crippen LogP contribution in [0.25, 0.3) is 0 Å². The van der Waals surface area contributed by atoms with E-state index >= 15 is 0 Å². The molecule has 0 radical (unpaired) electrons. The van der Waals surface area contributed by atoms with Crippen LogP contribution in [0.2, 0.25) is 0 Å². The third-order valence-corrected chi connectivity index (χ3v) is 3.79. The van der Waals surface area contributed by atoms with E-state index in [1.807, 2.05) is 0 Å². The van der Waals surface area contributed by atoms with Crippen LogP contribution in [0.4, 0.5) is 33.3 Å². The number of hydrogen-bond donors (Lipinski definition) is 1. The summed E-state index contributed by atoms with van der Waals surface area (Å²) in [5.41, 5.74) is -9.83. The summed E-state index contributed by atoms with van der Waals surface area (Å²) in [5, 5.41) is 32.9. The molecule has 0 saturated carbocycles. The Morgan fingerprint density at radius 2 is 1.07 bits per heavy atom. The van der Waals surface area contributed by atoms with E-state index in [1.54, 1.807) is 0 Å². The van der Waals surface area contributed by atoms with Crippen LogP contribution in [0.15, 0.2) is 48.5 Å². The Bertz CT molecular complexity index is 843. The van der Waals surface area contributed by atoms with Crippen molar-refractivity contribution >= 4 is 11.4 Å². The number of nitro groups is 2. The predicted octanol–water partition coefficient (Wildman–Crippen LogP) is 3.94. The number of halogens is 5. The minimum Gasteiger partial charge on any atom is -0.374 e. The second-order valence-corrected chi connectivity index (χ2v) is 5.33. The minimum absolute atomic E-state index is 0.481. The summed E-state index contributed by atoms with van der Waals surface area (Å²) < 4.78 is 68.2. The van der Waals surface area contributed by atoms with Gasteiger partial charge in [-0.1, -0.05) is 24.3 Å². The number of hydrogen-bond acceptors (Lipinski definition) is 5. The fourth-order valence-corrected chi connectivity index (χ4v) is 2.57. The molecule has 0 bridgehead atoms. The molecular weight excluding hydrogens is 383 g/mol. The van der Waals surface area contributed by atoms with Crippen molar-refractivity contribution in [2.24, 2.45) is 0 Å². The van der Waals surface area contributed by atoms with E-state index in [1.165, 1.54) is 0 Å². The van der Waals surface area contributed by atoms with Crippen LogP contribution in [0.5, 0.6) is 0 Å². The largest absolute Gasteiger partial charge is 0.457 e. The Kier molecular flexibility index (Phi) is 4.88. The summed E-state index contributed by atoms with van der Waals surface area (Å²) in [6.45, 7) is 0. The molecular formula is C15H9F5N2O5. The lowest BCUT2D eigenvalue weighted by atomic mass is 9.78. The molecule has 1 N–H and O–H groups in total. The minimum atomic E-state index is -6.38. The van der Waals surface area contributed by atoms with Gasteiger partial charge in [-0.25, -0.2) is 0 Å². The van der Waals surface area contributed by atoms with E-state index in [4.69, 9.17) is 0 Å². The van der Waals surface area contributed by atoms with Crippen molar-refractivity contribution < 1.29 is 36.9 Å². The zero-order valence-electron chi connectivity index (χ0n) is 13.0. The molecule has 2 rings (SSSR count). The van der Waals surface area contributed by atoms with Gasteiger partial charge in [0.1, 0.15) is 0 Å². The number of rotatable bonds is 5. The first-order valence-electron chi connectivity index (χ1n) is 7.00. The van der Waals surface area contributed by atoms with Crippen molar-refractivity contribution in [2.45, 2.75) is 17.7 Å². The quantitative estimate of drug-likeness (QED) is 0.471. The highest BCUT2D eigenvalue weighted by Gasteiger charge is 2.73. The van der Waals surface area contributed by atoms with Crippen molar-refractivity contribution in [1.82, 2.24) is 0 Å². The van der Waals surface area contributed by atoms with Crippen LogP contribution in [-0.4, -0.2) is 27.1 Å². The highest BCUT2D eigenvalue weighted by atomic mass is 19.4. The molecule has 0 heterocycles. The molecule has 0 spiro atoms. The SMILES string of the molecule is O=[N+]([O-])c1ccccc1C(O)(c1ccccc1[N+](=O)[O-])C(F)(F)C(F)(F)F. The Balaban J connectivity index is 3.01. The first-order valence-corrected chi connectivity index (χ1v) is 7.00. The highest BCUT2D eigenvalue weighted by molar-refractivity contribution is 5.56. The summed E-state index contributed by atoms with van der Waals surface area (Å²) in [6.07, 6.45) is -6.38. The molecule has 0 fully saturated rings. The molecule has 0 aromatic heterocycles. The van der Waals surface area contributed by atoms with Crippen LogP contribution in [0.1, 0.15) is 11.1 Å². The highest BCUT2D eigenvalue weighted by Crippen LogP contribution is 2.54. The normalized spacial score (nSPS) is 12.7. The van der Waals surface area contributed by atoms with Crippen LogP contribution >= 0.6 is 0 Å². The Morgan fingerprint density at radius 1 is 0.741 bits per heavy atom. The van der Waals surface area contributed by atoms with Gasteiger partial charge < -0.3 is 5.11 Å². The van der Waals surface area contributed by atoms with Crippen molar-refractivity contribution in [3.63, 3.8) is 0 Å². The number of alkyl halides is 5. The molecule has 0 aliphatic heterocycles. The Morgan fingerprint density at radius 3 is 1.37 bits per heavy atom. The van der Waals surface area contributed by atoms with Crippen molar-refractivity contribution in [1.29, 1.82) is 0 Å². The topological polar surface area (TPSA) is 107 Å². The van der Waals surface area contributed by atoms with E-state index in [9.17, 15) is 47.3 Å². The zero-order chi connectivity index (χ0) is 20.6. The third kappa shape index (κ3) is 3.07. The van der Waals surface area contributed by atoms with Crippen LogP contribution in [0, 0.1) is 20.2 Å². The molecule has 2 aromatic rings. The fraction of sp³-hybridized carbons (Fsp3) is 0.200. The summed E-state index contributed by atoms with van der Waals surface area (Å²) in [6, 6.07) is 5.88. The molecule has 7 nitrogen and oxygen atoms in total. The van der Waals surface area contributed by atoms with Crippen LogP contribution in [-0.2, 0) is 5.60 Å². The maximum absolute atomic E-state index is 14.4. The molecule has 0 saturated heterocycles. The maximum atomic E-state index is 14.4. The first kappa shape index (κ1) is 20.2. The average Bonchev–Trinajstić information content (AvgIpc) is 2.59. The smallest absolute Gasteiger partial charge is 0.374 e. The van der Waals surface area contributed by atoms with Crippen molar-refractivity contribution in [2.75, 3.05) is 0 Å². The number of nitro benzene ring substituents is 2. The molecule has 2 aromatic carbocycles. The van der Waals surface area contributed by atoms with Gasteiger partial charge in [0.25, 0.3) is 11.4 Å². The molecule has 144 valence electrons. The van der Waals surface area contributed by atoms with Crippen molar-refractivity contribution in [3.05, 3.63) is 79.9 Å². The van der Waals surface area contributed by atoms with Crippen LogP contribution in [0.3, 0.4) is 0 Å². The lowest BCUT2D eigenvalue weighted by Crippen LogP contribution is -2.56. The van der Waals surface area contributed by atoms with Gasteiger partial charge in [-0.2, -0.15) is 22.0 Å². The van der Waals surface area contributed by atoms with Gasteiger partial charge in [0.2, 0.25) is 5.60 Å². The van der Waals surface area contributed by atoms with Gasteiger partial charge in [0, 0.05) is 12.1 Å². The standard InChI is InChI=1S/C15H9F5N2O5/c16-14(17,15(18,19)20)13(23,9-5-1-3-7-11(9)21(24)25)10-6-2-4-8-12(10)22(26)27/h1-8,23H. The summed E-state index contributed by atoms with van der Waals surface area (Å²) in [4.78, 5) is 19.7. The maximum Gasteiger partial charge on any atom is 0.457 e. The van der Waals surface area contributed by atoms with E-state index in [0.29, 0.717) is 24.3 Å². The average molecular weight is 392 g/mol. The molecule has 0 aliphatic rings.